The summed E-state index contributed by atoms with van der Waals surface area (Å²) in [6.07, 6.45) is -19.6. The van der Waals surface area contributed by atoms with E-state index in [1.165, 1.54) is 0 Å². The molecule has 3 heterocycles. The van der Waals surface area contributed by atoms with Gasteiger partial charge in [0.2, 0.25) is 0 Å². The summed E-state index contributed by atoms with van der Waals surface area (Å²) in [7, 11) is 0. The predicted octanol–water partition coefficient (Wildman–Crippen LogP) is -3.71. The van der Waals surface area contributed by atoms with E-state index in [9.17, 15) is 61.0 Å². The molecular formula is C38H59O18-. The van der Waals surface area contributed by atoms with Gasteiger partial charge >= 0.3 is 0 Å². The van der Waals surface area contributed by atoms with Gasteiger partial charge < -0.3 is 89.4 Å². The fraction of sp³-hybridized carbons (Fsp3) is 0.921. The van der Waals surface area contributed by atoms with E-state index in [0.717, 1.165) is 24.8 Å². The number of carboxylic acid groups (broad SMARTS) is 1. The SMILES string of the molecule is C=C1C[C@@]23CC[C@H]4[C@@](C)(CCC[C@@]4(C)C(=O)[O-])[C@@H]2CC[C@]1(O[C@@H]1O[C@H](CO)[C@@H](O)[C@H](O[C@@H]2O[C@H](CO)[C@@H](O)[C@H](O)[C@H]2O)[C@H]1O[C@@H]1O[C@H](CO)[C@@H](O)[C@H](O)C1O)C3. The maximum atomic E-state index is 12.5. The minimum atomic E-state index is -1.92. The number of carboxylic acids is 1. The standard InChI is InChI=1S/C38H60O18/c1-16-11-37-9-5-20-35(2,7-4-8-36(20,3)34(49)50)21(37)6-10-38(16,15-37)56-33-30(55-32-28(48)26(46)23(43)18(13-40)52-32)29(24(44)19(14-41)53-33)54-31-27(47)25(45)22(42)17(12-39)51-31/h17-33,39-48H,1,4-15H2,2-3H3,(H,49,50)/p-1/t17-,18-,19-,20+,21+,22-,23-,24-,25+,26+,27-,28?,29+,30-,31+,32+,33+,35-,36-,37-,38+/m1/s1. The van der Waals surface area contributed by atoms with Gasteiger partial charge in [0.1, 0.15) is 73.2 Å². The van der Waals surface area contributed by atoms with Crippen LogP contribution in [0.5, 0.6) is 0 Å². The molecule has 4 aliphatic carbocycles. The molecule has 7 fully saturated rings. The van der Waals surface area contributed by atoms with Gasteiger partial charge in [-0.25, -0.2) is 0 Å². The fourth-order valence-corrected chi connectivity index (χ4v) is 12.1. The molecule has 1 spiro atoms. The second-order valence-corrected chi connectivity index (χ2v) is 18.0. The Hall–Kier alpha value is -1.43. The van der Waals surface area contributed by atoms with Crippen molar-refractivity contribution >= 4 is 5.97 Å². The van der Waals surface area contributed by atoms with E-state index in [2.05, 4.69) is 13.5 Å². The lowest BCUT2D eigenvalue weighted by molar-refractivity contribution is -0.400. The third-order valence-corrected chi connectivity index (χ3v) is 15.0. The van der Waals surface area contributed by atoms with Crippen LogP contribution in [0.4, 0.5) is 0 Å². The Morgan fingerprint density at radius 3 is 1.77 bits per heavy atom. The molecule has 0 aromatic rings. The average molecular weight is 804 g/mol. The third-order valence-electron chi connectivity index (χ3n) is 15.0. The van der Waals surface area contributed by atoms with Gasteiger partial charge in [-0.3, -0.25) is 0 Å². The Bertz CT molecular complexity index is 1450. The summed E-state index contributed by atoms with van der Waals surface area (Å²) in [5.41, 5.74) is -1.82. The summed E-state index contributed by atoms with van der Waals surface area (Å²) >= 11 is 0. The zero-order valence-electron chi connectivity index (χ0n) is 31.7. The molecular weight excluding hydrogens is 744 g/mol. The number of aliphatic carboxylic acids is 1. The molecule has 7 rings (SSSR count). The first kappa shape index (κ1) is 42.7. The predicted molar refractivity (Wildman–Crippen MR) is 184 cm³/mol. The Balaban J connectivity index is 1.21. The summed E-state index contributed by atoms with van der Waals surface area (Å²) in [5, 5.41) is 118. The van der Waals surface area contributed by atoms with E-state index in [1.54, 1.807) is 0 Å². The van der Waals surface area contributed by atoms with Crippen LogP contribution < -0.4 is 5.11 Å². The highest BCUT2D eigenvalue weighted by Gasteiger charge is 2.68. The third kappa shape index (κ3) is 6.69. The van der Waals surface area contributed by atoms with Crippen LogP contribution in [-0.2, 0) is 33.2 Å². The summed E-state index contributed by atoms with van der Waals surface area (Å²) in [5.74, 6) is -0.946. The van der Waals surface area contributed by atoms with Gasteiger partial charge in [-0.2, -0.15) is 0 Å². The van der Waals surface area contributed by atoms with Crippen LogP contribution >= 0.6 is 0 Å². The van der Waals surface area contributed by atoms with E-state index >= 15 is 0 Å². The maximum Gasteiger partial charge on any atom is 0.188 e. The number of fused-ring (bicyclic) bond motifs is 3. The van der Waals surface area contributed by atoms with Gasteiger partial charge in [0.15, 0.2) is 18.9 Å². The molecule has 7 aliphatic rings. The Morgan fingerprint density at radius 2 is 1.21 bits per heavy atom. The zero-order valence-corrected chi connectivity index (χ0v) is 31.7. The van der Waals surface area contributed by atoms with E-state index < -0.39 is 129 Å². The number of aliphatic hydroxyl groups excluding tert-OH is 10. The highest BCUT2D eigenvalue weighted by atomic mass is 16.8. The molecule has 10 N–H and O–H groups in total. The van der Waals surface area contributed by atoms with Crippen molar-refractivity contribution in [3.05, 3.63) is 12.2 Å². The molecule has 0 radical (unpaired) electrons. The normalized spacial score (nSPS) is 54.6. The van der Waals surface area contributed by atoms with Crippen LogP contribution in [0.2, 0.25) is 0 Å². The highest BCUT2D eigenvalue weighted by molar-refractivity contribution is 5.72. The molecule has 0 aromatic heterocycles. The summed E-state index contributed by atoms with van der Waals surface area (Å²) in [4.78, 5) is 12.5. The van der Waals surface area contributed by atoms with Crippen LogP contribution in [0.15, 0.2) is 12.2 Å². The van der Waals surface area contributed by atoms with Crippen molar-refractivity contribution in [3.8, 4) is 0 Å². The van der Waals surface area contributed by atoms with Crippen molar-refractivity contribution in [1.29, 1.82) is 0 Å². The Morgan fingerprint density at radius 1 is 0.696 bits per heavy atom. The van der Waals surface area contributed by atoms with E-state index in [1.807, 2.05) is 6.92 Å². The lowest BCUT2D eigenvalue weighted by atomic mass is 9.41. The molecule has 3 aliphatic heterocycles. The van der Waals surface area contributed by atoms with Gasteiger partial charge in [-0.15, -0.1) is 0 Å². The molecule has 18 heteroatoms. The summed E-state index contributed by atoms with van der Waals surface area (Å²) in [6.45, 7) is 6.17. The van der Waals surface area contributed by atoms with Crippen molar-refractivity contribution in [2.75, 3.05) is 19.8 Å². The first-order chi connectivity index (χ1) is 26.4. The number of hydrogen-bond acceptors (Lipinski definition) is 18. The van der Waals surface area contributed by atoms with Crippen molar-refractivity contribution in [2.45, 2.75) is 169 Å². The smallest absolute Gasteiger partial charge is 0.188 e. The van der Waals surface area contributed by atoms with E-state index in [-0.39, 0.29) is 22.7 Å². The largest absolute Gasteiger partial charge is 0.550 e. The number of rotatable bonds is 10. The fourth-order valence-electron chi connectivity index (χ4n) is 12.1. The lowest BCUT2D eigenvalue weighted by Gasteiger charge is -2.65. The van der Waals surface area contributed by atoms with Gasteiger partial charge in [0.05, 0.1) is 25.4 Å². The first-order valence-corrected chi connectivity index (χ1v) is 19.8. The lowest BCUT2D eigenvalue weighted by Crippen LogP contribution is -2.68. The quantitative estimate of drug-likeness (QED) is 0.0751. The van der Waals surface area contributed by atoms with E-state index in [0.29, 0.717) is 38.5 Å². The van der Waals surface area contributed by atoms with Crippen LogP contribution in [-0.4, -0.2) is 175 Å². The maximum absolute atomic E-state index is 12.5. The molecule has 0 amide bonds. The number of ether oxygens (including phenoxy) is 6. The number of hydrogen-bond donors (Lipinski definition) is 10. The van der Waals surface area contributed by atoms with Gasteiger partial charge in [0, 0.05) is 11.4 Å². The van der Waals surface area contributed by atoms with Crippen molar-refractivity contribution < 1.29 is 89.4 Å². The van der Waals surface area contributed by atoms with Crippen LogP contribution in [0.1, 0.15) is 71.6 Å². The first-order valence-electron chi connectivity index (χ1n) is 19.8. The van der Waals surface area contributed by atoms with Crippen LogP contribution in [0.25, 0.3) is 0 Å². The molecule has 18 nitrogen and oxygen atoms in total. The highest BCUT2D eigenvalue weighted by Crippen LogP contribution is 2.73. The summed E-state index contributed by atoms with van der Waals surface area (Å²) < 4.78 is 36.6. The molecule has 3 saturated heterocycles. The van der Waals surface area contributed by atoms with Crippen LogP contribution in [0.3, 0.4) is 0 Å². The van der Waals surface area contributed by atoms with Gasteiger partial charge in [-0.1, -0.05) is 26.8 Å². The second kappa shape index (κ2) is 15.6. The van der Waals surface area contributed by atoms with E-state index in [4.69, 9.17) is 28.4 Å². The van der Waals surface area contributed by atoms with Crippen molar-refractivity contribution in [2.24, 2.45) is 28.1 Å². The molecule has 4 saturated carbocycles. The summed E-state index contributed by atoms with van der Waals surface area (Å²) in [6, 6.07) is 0. The minimum Gasteiger partial charge on any atom is -0.550 e. The Labute approximate surface area is 324 Å². The second-order valence-electron chi connectivity index (χ2n) is 18.0. The minimum absolute atomic E-state index is 0.0724. The average Bonchev–Trinajstić information content (AvgIpc) is 3.36. The number of carbonyl (C=O) groups is 1. The zero-order chi connectivity index (χ0) is 40.7. The number of aliphatic hydroxyl groups is 10. The molecule has 1 unspecified atom stereocenters. The molecule has 21 atom stereocenters. The van der Waals surface area contributed by atoms with Gasteiger partial charge in [0.25, 0.3) is 0 Å². The topological polar surface area (TPSA) is 298 Å². The van der Waals surface area contributed by atoms with Crippen LogP contribution in [0, 0.1) is 28.1 Å². The number of carbonyl (C=O) groups excluding carboxylic acids is 1. The monoisotopic (exact) mass is 803 g/mol. The molecule has 0 aromatic carbocycles. The van der Waals surface area contributed by atoms with Crippen molar-refractivity contribution in [1.82, 2.24) is 0 Å². The molecule has 2 bridgehead atoms. The van der Waals surface area contributed by atoms with Crippen molar-refractivity contribution in [3.63, 3.8) is 0 Å². The Kier molecular flexibility index (Phi) is 11.9. The molecule has 56 heavy (non-hydrogen) atoms. The van der Waals surface area contributed by atoms with Gasteiger partial charge in [-0.05, 0) is 79.6 Å². The molecule has 320 valence electrons.